The number of nitrogens with zero attached hydrogens (tertiary/aromatic N) is 4. The zero-order chi connectivity index (χ0) is 14.4. The highest BCUT2D eigenvalue weighted by Crippen LogP contribution is 2.15. The molecule has 1 aliphatic rings. The van der Waals surface area contributed by atoms with Crippen LogP contribution in [-0.2, 0) is 13.6 Å². The molecule has 0 amide bonds. The average Bonchev–Trinajstić information content (AvgIpc) is 3.07. The van der Waals surface area contributed by atoms with Crippen LogP contribution in [0.15, 0.2) is 17.4 Å². The number of hydrogen-bond acceptors (Lipinski definition) is 3. The normalized spacial score (nSPS) is 19.4. The number of halogens is 1. The van der Waals surface area contributed by atoms with Gasteiger partial charge in [-0.05, 0) is 25.9 Å². The topological polar surface area (TPSA) is 57.5 Å². The SMILES string of the molecule is CCN1CCCC1CNC(=NC)NCc1cnn(C)c1.I. The van der Waals surface area contributed by atoms with Gasteiger partial charge in [-0.1, -0.05) is 6.92 Å². The third kappa shape index (κ3) is 5.46. The maximum absolute atomic E-state index is 4.27. The Morgan fingerprint density at radius 1 is 1.48 bits per heavy atom. The molecule has 7 heteroatoms. The van der Waals surface area contributed by atoms with Crippen LogP contribution in [0.4, 0.5) is 0 Å². The molecule has 2 heterocycles. The number of hydrogen-bond donors (Lipinski definition) is 2. The summed E-state index contributed by atoms with van der Waals surface area (Å²) < 4.78 is 1.81. The molecular weight excluding hydrogens is 379 g/mol. The Bertz CT molecular complexity index is 444. The molecule has 1 fully saturated rings. The Morgan fingerprint density at radius 2 is 2.29 bits per heavy atom. The van der Waals surface area contributed by atoms with E-state index in [4.69, 9.17) is 0 Å². The van der Waals surface area contributed by atoms with Crippen LogP contribution in [-0.4, -0.2) is 53.4 Å². The molecule has 21 heavy (non-hydrogen) atoms. The van der Waals surface area contributed by atoms with Crippen LogP contribution in [0.2, 0.25) is 0 Å². The summed E-state index contributed by atoms with van der Waals surface area (Å²) in [6.07, 6.45) is 6.47. The van der Waals surface area contributed by atoms with E-state index in [1.807, 2.05) is 31.2 Å². The molecule has 120 valence electrons. The van der Waals surface area contributed by atoms with Crippen LogP contribution >= 0.6 is 24.0 Å². The second-order valence-electron chi connectivity index (χ2n) is 5.25. The molecule has 1 saturated heterocycles. The predicted octanol–water partition coefficient (Wildman–Crippen LogP) is 1.19. The van der Waals surface area contributed by atoms with Crippen molar-refractivity contribution in [1.82, 2.24) is 25.3 Å². The fourth-order valence-electron chi connectivity index (χ4n) is 2.73. The van der Waals surface area contributed by atoms with Crippen molar-refractivity contribution < 1.29 is 0 Å². The molecule has 1 unspecified atom stereocenters. The van der Waals surface area contributed by atoms with Crippen molar-refractivity contribution >= 4 is 29.9 Å². The van der Waals surface area contributed by atoms with Crippen LogP contribution in [0.3, 0.4) is 0 Å². The minimum absolute atomic E-state index is 0. The van der Waals surface area contributed by atoms with E-state index in [1.54, 1.807) is 0 Å². The van der Waals surface area contributed by atoms with Crippen molar-refractivity contribution in [3.8, 4) is 0 Å². The van der Waals surface area contributed by atoms with Gasteiger partial charge in [-0.15, -0.1) is 24.0 Å². The Hall–Kier alpha value is -0.830. The van der Waals surface area contributed by atoms with Gasteiger partial charge < -0.3 is 10.6 Å². The maximum Gasteiger partial charge on any atom is 0.191 e. The number of nitrogens with one attached hydrogen (secondary N) is 2. The van der Waals surface area contributed by atoms with Gasteiger partial charge in [0.2, 0.25) is 0 Å². The van der Waals surface area contributed by atoms with Crippen molar-refractivity contribution in [3.63, 3.8) is 0 Å². The summed E-state index contributed by atoms with van der Waals surface area (Å²) in [5.74, 6) is 0.858. The number of likely N-dealkylation sites (N-methyl/N-ethyl adjacent to an activating group) is 1. The molecule has 2 rings (SSSR count). The standard InChI is InChI=1S/C14H26N6.HI/c1-4-20-7-5-6-13(20)10-17-14(15-2)16-8-12-9-18-19(3)11-12;/h9,11,13H,4-8,10H2,1-3H3,(H2,15,16,17);1H. The van der Waals surface area contributed by atoms with Crippen LogP contribution in [0.5, 0.6) is 0 Å². The quantitative estimate of drug-likeness (QED) is 0.438. The average molecular weight is 406 g/mol. The second-order valence-corrected chi connectivity index (χ2v) is 5.25. The molecule has 1 aliphatic heterocycles. The van der Waals surface area contributed by atoms with E-state index in [1.165, 1.54) is 19.4 Å². The lowest BCUT2D eigenvalue weighted by atomic mass is 10.2. The summed E-state index contributed by atoms with van der Waals surface area (Å²) in [5, 5.41) is 10.9. The molecule has 1 aromatic heterocycles. The molecule has 1 aromatic rings. The number of rotatable bonds is 5. The molecule has 0 aliphatic carbocycles. The van der Waals surface area contributed by atoms with Crippen LogP contribution in [0, 0.1) is 0 Å². The molecule has 0 radical (unpaired) electrons. The van der Waals surface area contributed by atoms with Crippen molar-refractivity contribution in [2.24, 2.45) is 12.0 Å². The van der Waals surface area contributed by atoms with E-state index >= 15 is 0 Å². The lowest BCUT2D eigenvalue weighted by Gasteiger charge is -2.23. The van der Waals surface area contributed by atoms with Crippen molar-refractivity contribution in [1.29, 1.82) is 0 Å². The molecule has 0 spiro atoms. The van der Waals surface area contributed by atoms with Gasteiger partial charge in [0, 0.05) is 45.0 Å². The third-order valence-corrected chi connectivity index (χ3v) is 3.85. The first-order chi connectivity index (χ1) is 9.72. The number of likely N-dealkylation sites (tertiary alicyclic amines) is 1. The van der Waals surface area contributed by atoms with E-state index in [9.17, 15) is 0 Å². The zero-order valence-corrected chi connectivity index (χ0v) is 15.5. The van der Waals surface area contributed by atoms with Gasteiger partial charge in [-0.25, -0.2) is 0 Å². The lowest BCUT2D eigenvalue weighted by Crippen LogP contribution is -2.44. The smallest absolute Gasteiger partial charge is 0.191 e. The second kappa shape index (κ2) is 9.24. The minimum atomic E-state index is 0. The summed E-state index contributed by atoms with van der Waals surface area (Å²) in [7, 11) is 3.74. The highest BCUT2D eigenvalue weighted by Gasteiger charge is 2.22. The first-order valence-corrected chi connectivity index (χ1v) is 7.39. The van der Waals surface area contributed by atoms with Gasteiger partial charge in [0.05, 0.1) is 6.20 Å². The Kier molecular flexibility index (Phi) is 8.02. The number of guanidine groups is 1. The van der Waals surface area contributed by atoms with E-state index in [2.05, 4.69) is 32.5 Å². The summed E-state index contributed by atoms with van der Waals surface area (Å²) in [5.41, 5.74) is 1.16. The van der Waals surface area contributed by atoms with E-state index in [0.717, 1.165) is 31.2 Å². The van der Waals surface area contributed by atoms with E-state index in [-0.39, 0.29) is 24.0 Å². The minimum Gasteiger partial charge on any atom is -0.355 e. The number of aromatic nitrogens is 2. The molecule has 1 atom stereocenters. The molecule has 0 bridgehead atoms. The highest BCUT2D eigenvalue weighted by atomic mass is 127. The Balaban J connectivity index is 0.00000220. The largest absolute Gasteiger partial charge is 0.355 e. The summed E-state index contributed by atoms with van der Waals surface area (Å²) >= 11 is 0. The molecule has 6 nitrogen and oxygen atoms in total. The highest BCUT2D eigenvalue weighted by molar-refractivity contribution is 14.0. The summed E-state index contributed by atoms with van der Waals surface area (Å²) in [4.78, 5) is 6.80. The van der Waals surface area contributed by atoms with Gasteiger partial charge in [-0.3, -0.25) is 14.6 Å². The van der Waals surface area contributed by atoms with Gasteiger partial charge in [0.1, 0.15) is 0 Å². The van der Waals surface area contributed by atoms with Crippen molar-refractivity contribution in [2.75, 3.05) is 26.7 Å². The van der Waals surface area contributed by atoms with Gasteiger partial charge >= 0.3 is 0 Å². The Labute approximate surface area is 144 Å². The predicted molar refractivity (Wildman–Crippen MR) is 97.1 cm³/mol. The summed E-state index contributed by atoms with van der Waals surface area (Å²) in [6, 6.07) is 0.636. The lowest BCUT2D eigenvalue weighted by molar-refractivity contribution is 0.267. The van der Waals surface area contributed by atoms with Crippen LogP contribution in [0.1, 0.15) is 25.3 Å². The van der Waals surface area contributed by atoms with Gasteiger partial charge in [0.25, 0.3) is 0 Å². The number of aryl methyl sites for hydroxylation is 1. The Morgan fingerprint density at radius 3 is 2.90 bits per heavy atom. The van der Waals surface area contributed by atoms with E-state index in [0.29, 0.717) is 6.04 Å². The van der Waals surface area contributed by atoms with Gasteiger partial charge in [-0.2, -0.15) is 5.10 Å². The van der Waals surface area contributed by atoms with Crippen LogP contribution in [0.25, 0.3) is 0 Å². The monoisotopic (exact) mass is 406 g/mol. The fraction of sp³-hybridized carbons (Fsp3) is 0.714. The third-order valence-electron chi connectivity index (χ3n) is 3.85. The molecule has 0 saturated carbocycles. The maximum atomic E-state index is 4.27. The fourth-order valence-corrected chi connectivity index (χ4v) is 2.73. The first-order valence-electron chi connectivity index (χ1n) is 7.39. The van der Waals surface area contributed by atoms with Gasteiger partial charge in [0.15, 0.2) is 5.96 Å². The molecule has 0 aromatic carbocycles. The zero-order valence-electron chi connectivity index (χ0n) is 13.2. The van der Waals surface area contributed by atoms with Crippen LogP contribution < -0.4 is 10.6 Å². The van der Waals surface area contributed by atoms with E-state index < -0.39 is 0 Å². The molecule has 2 N–H and O–H groups in total. The molecular formula is C14H27IN6. The van der Waals surface area contributed by atoms with Crippen molar-refractivity contribution in [2.45, 2.75) is 32.4 Å². The summed E-state index contributed by atoms with van der Waals surface area (Å²) in [6.45, 7) is 6.29. The van der Waals surface area contributed by atoms with Crippen molar-refractivity contribution in [3.05, 3.63) is 18.0 Å². The first kappa shape index (κ1) is 18.2. The number of aliphatic imine (C=N–C) groups is 1.